The fourth-order valence-electron chi connectivity index (χ4n) is 6.10. The molecule has 21 heavy (non-hydrogen) atoms. The lowest BCUT2D eigenvalue weighted by molar-refractivity contribution is -0.00551. The van der Waals surface area contributed by atoms with Crippen molar-refractivity contribution in [1.82, 2.24) is 0 Å². The van der Waals surface area contributed by atoms with E-state index in [-0.39, 0.29) is 5.41 Å². The summed E-state index contributed by atoms with van der Waals surface area (Å²) in [6, 6.07) is 7.34. The summed E-state index contributed by atoms with van der Waals surface area (Å²) in [4.78, 5) is 0. The Morgan fingerprint density at radius 1 is 0.905 bits per heavy atom. The first-order chi connectivity index (χ1) is 9.86. The summed E-state index contributed by atoms with van der Waals surface area (Å²) in [5.41, 5.74) is 5.60. The fraction of sp³-hybridized carbons (Fsp3) is 0.714. The topological polar surface area (TPSA) is 0 Å². The highest BCUT2D eigenvalue weighted by atomic mass is 14.6. The average Bonchev–Trinajstić information content (AvgIpc) is 2.35. The minimum Gasteiger partial charge on any atom is -0.0587 e. The van der Waals surface area contributed by atoms with E-state index < -0.39 is 0 Å². The minimum atomic E-state index is 0.269. The van der Waals surface area contributed by atoms with Crippen LogP contribution < -0.4 is 0 Å². The number of hydrogen-bond acceptors (Lipinski definition) is 0. The molecule has 0 saturated heterocycles. The first-order valence-electron chi connectivity index (χ1n) is 8.97. The summed E-state index contributed by atoms with van der Waals surface area (Å²) < 4.78 is 0. The molecule has 0 aliphatic heterocycles. The van der Waals surface area contributed by atoms with E-state index in [9.17, 15) is 0 Å². The Morgan fingerprint density at radius 2 is 1.43 bits per heavy atom. The quantitative estimate of drug-likeness (QED) is 0.614. The van der Waals surface area contributed by atoms with Crippen LogP contribution in [0.25, 0.3) is 0 Å². The highest BCUT2D eigenvalue weighted by Gasteiger charge is 2.52. The molecule has 1 aromatic carbocycles. The predicted octanol–water partition coefficient (Wildman–Crippen LogP) is 5.76. The molecule has 0 aromatic heterocycles. The van der Waals surface area contributed by atoms with Gasteiger partial charge in [-0.05, 0) is 90.7 Å². The third-order valence-corrected chi connectivity index (χ3v) is 6.71. The maximum absolute atomic E-state index is 2.59. The zero-order valence-electron chi connectivity index (χ0n) is 14.2. The van der Waals surface area contributed by atoms with Gasteiger partial charge in [-0.25, -0.2) is 0 Å². The van der Waals surface area contributed by atoms with Gasteiger partial charge in [0.2, 0.25) is 0 Å². The van der Waals surface area contributed by atoms with Gasteiger partial charge in [-0.15, -0.1) is 0 Å². The molecule has 4 aliphatic rings. The minimum absolute atomic E-state index is 0.269. The van der Waals surface area contributed by atoms with Gasteiger partial charge < -0.3 is 0 Å². The molecule has 0 atom stereocenters. The van der Waals surface area contributed by atoms with Crippen LogP contribution in [-0.4, -0.2) is 0 Å². The third-order valence-electron chi connectivity index (χ3n) is 6.71. The smallest absolute Gasteiger partial charge is 0.00363 e. The highest BCUT2D eigenvalue weighted by molar-refractivity contribution is 5.41. The van der Waals surface area contributed by atoms with Crippen LogP contribution >= 0.6 is 0 Å². The maximum Gasteiger partial charge on any atom is -0.00363 e. The lowest BCUT2D eigenvalue weighted by atomic mass is 9.47. The molecule has 0 N–H and O–H groups in total. The lowest BCUT2D eigenvalue weighted by Crippen LogP contribution is -2.48. The van der Waals surface area contributed by atoms with Crippen LogP contribution in [0.5, 0.6) is 0 Å². The van der Waals surface area contributed by atoms with Crippen molar-refractivity contribution in [3.05, 3.63) is 34.9 Å². The van der Waals surface area contributed by atoms with Crippen molar-refractivity contribution >= 4 is 0 Å². The normalized spacial score (nSPS) is 38.0. The van der Waals surface area contributed by atoms with Crippen LogP contribution in [0.1, 0.15) is 76.0 Å². The fourth-order valence-corrected chi connectivity index (χ4v) is 6.10. The van der Waals surface area contributed by atoms with Gasteiger partial charge in [0.1, 0.15) is 0 Å². The zero-order chi connectivity index (χ0) is 14.8. The average molecular weight is 282 g/mol. The molecule has 4 aliphatic carbocycles. The number of hydrogen-bond donors (Lipinski definition) is 0. The van der Waals surface area contributed by atoms with E-state index in [0.717, 1.165) is 17.8 Å². The van der Waals surface area contributed by atoms with Crippen molar-refractivity contribution < 1.29 is 0 Å². The summed E-state index contributed by atoms with van der Waals surface area (Å²) in [5, 5.41) is 0. The van der Waals surface area contributed by atoms with E-state index in [2.05, 4.69) is 45.9 Å². The molecule has 0 spiro atoms. The van der Waals surface area contributed by atoms with Crippen molar-refractivity contribution in [1.29, 1.82) is 0 Å². The molecule has 1 aromatic rings. The first-order valence-corrected chi connectivity index (χ1v) is 8.97. The summed E-state index contributed by atoms with van der Waals surface area (Å²) >= 11 is 0. The van der Waals surface area contributed by atoms with Crippen molar-refractivity contribution in [2.24, 2.45) is 17.8 Å². The summed E-state index contributed by atoms with van der Waals surface area (Å²) in [6.45, 7) is 9.39. The SMILES string of the molecule is Cc1ccc(C(C)(C)C)cc1C12CC3CC(CC(C3)C1)C2. The second kappa shape index (κ2) is 4.37. The molecule has 114 valence electrons. The van der Waals surface area contributed by atoms with Crippen LogP contribution in [0.15, 0.2) is 18.2 Å². The van der Waals surface area contributed by atoms with Gasteiger partial charge in [-0.1, -0.05) is 39.0 Å². The molecule has 0 radical (unpaired) electrons. The van der Waals surface area contributed by atoms with E-state index in [1.807, 2.05) is 0 Å². The summed E-state index contributed by atoms with van der Waals surface area (Å²) in [5.74, 6) is 3.11. The maximum atomic E-state index is 2.59. The van der Waals surface area contributed by atoms with Gasteiger partial charge in [-0.3, -0.25) is 0 Å². The zero-order valence-corrected chi connectivity index (χ0v) is 14.2. The Bertz CT molecular complexity index is 523. The van der Waals surface area contributed by atoms with Crippen molar-refractivity contribution in [3.63, 3.8) is 0 Å². The van der Waals surface area contributed by atoms with Crippen molar-refractivity contribution in [2.45, 2.75) is 77.0 Å². The standard InChI is InChI=1S/C21H30/c1-14-5-6-18(20(2,3)4)10-19(14)21-11-15-7-16(12-21)9-17(8-15)13-21/h5-6,10,15-17H,7-9,11-13H2,1-4H3. The number of benzene rings is 1. The number of rotatable bonds is 1. The van der Waals surface area contributed by atoms with Gasteiger partial charge >= 0.3 is 0 Å². The molecule has 5 rings (SSSR count). The van der Waals surface area contributed by atoms with Gasteiger partial charge in [-0.2, -0.15) is 0 Å². The summed E-state index contributed by atoms with van der Waals surface area (Å²) in [6.07, 6.45) is 9.06. The molecule has 4 bridgehead atoms. The van der Waals surface area contributed by atoms with Crippen LogP contribution in [0.4, 0.5) is 0 Å². The second-order valence-electron chi connectivity index (χ2n) is 9.48. The van der Waals surface area contributed by atoms with Crippen LogP contribution in [0.3, 0.4) is 0 Å². The van der Waals surface area contributed by atoms with Gasteiger partial charge in [0, 0.05) is 0 Å². The van der Waals surface area contributed by atoms with Crippen LogP contribution in [0, 0.1) is 24.7 Å². The highest BCUT2D eigenvalue weighted by Crippen LogP contribution is 2.61. The van der Waals surface area contributed by atoms with Gasteiger partial charge in [0.15, 0.2) is 0 Å². The van der Waals surface area contributed by atoms with E-state index in [1.54, 1.807) is 11.1 Å². The third kappa shape index (κ3) is 2.17. The Balaban J connectivity index is 1.79. The molecule has 0 heterocycles. The molecule has 4 fully saturated rings. The van der Waals surface area contributed by atoms with Gasteiger partial charge in [0.25, 0.3) is 0 Å². The Kier molecular flexibility index (Phi) is 2.88. The van der Waals surface area contributed by atoms with Crippen LogP contribution in [-0.2, 0) is 10.8 Å². The van der Waals surface area contributed by atoms with E-state index >= 15 is 0 Å². The van der Waals surface area contributed by atoms with Crippen molar-refractivity contribution in [2.75, 3.05) is 0 Å². The molecule has 0 unspecified atom stereocenters. The van der Waals surface area contributed by atoms with Crippen molar-refractivity contribution in [3.8, 4) is 0 Å². The first kappa shape index (κ1) is 13.9. The Morgan fingerprint density at radius 3 is 1.90 bits per heavy atom. The van der Waals surface area contributed by atoms with E-state index in [1.165, 1.54) is 44.1 Å². The second-order valence-corrected chi connectivity index (χ2v) is 9.48. The summed E-state index contributed by atoms with van der Waals surface area (Å²) in [7, 11) is 0. The Hall–Kier alpha value is -0.780. The Labute approximate surface area is 130 Å². The van der Waals surface area contributed by atoms with E-state index in [4.69, 9.17) is 0 Å². The largest absolute Gasteiger partial charge is 0.0587 e. The molecular weight excluding hydrogens is 252 g/mol. The monoisotopic (exact) mass is 282 g/mol. The number of aryl methyl sites for hydroxylation is 1. The molecule has 0 nitrogen and oxygen atoms in total. The predicted molar refractivity (Wildman–Crippen MR) is 89.7 cm³/mol. The van der Waals surface area contributed by atoms with E-state index in [0.29, 0.717) is 5.41 Å². The van der Waals surface area contributed by atoms with Gasteiger partial charge in [0.05, 0.1) is 0 Å². The molecule has 4 saturated carbocycles. The molecule has 0 amide bonds. The molecular formula is C21H30. The molecule has 0 heteroatoms. The van der Waals surface area contributed by atoms with Crippen LogP contribution in [0.2, 0.25) is 0 Å². The lowest BCUT2D eigenvalue weighted by Gasteiger charge is -2.57.